The van der Waals surface area contributed by atoms with Crippen LogP contribution in [0, 0.1) is 17.0 Å². The summed E-state index contributed by atoms with van der Waals surface area (Å²) in [6.07, 6.45) is 3.02. The van der Waals surface area contributed by atoms with Gasteiger partial charge in [-0.25, -0.2) is 0 Å². The molecule has 1 aliphatic heterocycles. The molecule has 1 fully saturated rings. The van der Waals surface area contributed by atoms with Crippen LogP contribution in [0.2, 0.25) is 0 Å². The number of piperazine rings is 1. The number of nitro benzene ring substituents is 1. The van der Waals surface area contributed by atoms with Crippen molar-refractivity contribution in [3.63, 3.8) is 0 Å². The molecular formula is C22H23N3O4S. The largest absolute Gasteiger partial charge is 0.339 e. The third kappa shape index (κ3) is 5.27. The fourth-order valence-corrected chi connectivity index (χ4v) is 4.16. The van der Waals surface area contributed by atoms with Crippen molar-refractivity contribution in [2.45, 2.75) is 23.6 Å². The molecule has 1 aliphatic rings. The first kappa shape index (κ1) is 21.6. The summed E-state index contributed by atoms with van der Waals surface area (Å²) in [6.45, 7) is 5.48. The molecule has 0 spiro atoms. The van der Waals surface area contributed by atoms with Gasteiger partial charge in [0.15, 0.2) is 0 Å². The smallest absolute Gasteiger partial charge is 0.283 e. The normalized spacial score (nSPS) is 14.2. The summed E-state index contributed by atoms with van der Waals surface area (Å²) in [5.41, 5.74) is 1.65. The Balaban J connectivity index is 1.71. The molecule has 2 aromatic rings. The van der Waals surface area contributed by atoms with Gasteiger partial charge in [0.1, 0.15) is 0 Å². The molecule has 2 amide bonds. The van der Waals surface area contributed by atoms with Gasteiger partial charge < -0.3 is 9.80 Å². The third-order valence-corrected chi connectivity index (χ3v) is 6.19. The average molecular weight is 426 g/mol. The van der Waals surface area contributed by atoms with E-state index in [4.69, 9.17) is 0 Å². The van der Waals surface area contributed by atoms with Gasteiger partial charge in [0.25, 0.3) is 5.69 Å². The maximum atomic E-state index is 12.4. The topological polar surface area (TPSA) is 83.8 Å². The Bertz CT molecular complexity index is 998. The van der Waals surface area contributed by atoms with Crippen molar-refractivity contribution in [2.24, 2.45) is 0 Å². The molecule has 30 heavy (non-hydrogen) atoms. The van der Waals surface area contributed by atoms with Crippen molar-refractivity contribution >= 4 is 35.3 Å². The van der Waals surface area contributed by atoms with E-state index in [2.05, 4.69) is 0 Å². The van der Waals surface area contributed by atoms with Crippen LogP contribution < -0.4 is 0 Å². The Morgan fingerprint density at radius 2 is 1.70 bits per heavy atom. The summed E-state index contributed by atoms with van der Waals surface area (Å²) >= 11 is 1.35. The summed E-state index contributed by atoms with van der Waals surface area (Å²) in [7, 11) is 0. The van der Waals surface area contributed by atoms with Crippen molar-refractivity contribution in [1.82, 2.24) is 9.80 Å². The number of carbonyl (C=O) groups excluding carboxylic acids is 2. The number of nitro groups is 1. The minimum Gasteiger partial charge on any atom is -0.339 e. The number of carbonyl (C=O) groups is 2. The standard InChI is InChI=1S/C22H23N3O4S/c1-16-5-3-4-6-20(16)30-21-9-7-18(15-19(21)25(28)29)8-10-22(27)24-13-11-23(12-14-24)17(2)26/h3-10,15H,11-14H2,1-2H3/b10-8+. The molecule has 0 N–H and O–H groups in total. The van der Waals surface area contributed by atoms with Crippen molar-refractivity contribution in [1.29, 1.82) is 0 Å². The lowest BCUT2D eigenvalue weighted by atomic mass is 10.2. The van der Waals surface area contributed by atoms with E-state index in [1.807, 2.05) is 31.2 Å². The summed E-state index contributed by atoms with van der Waals surface area (Å²) in [5.74, 6) is -0.159. The molecule has 2 aromatic carbocycles. The Labute approximate surface area is 179 Å². The van der Waals surface area contributed by atoms with Crippen LogP contribution >= 0.6 is 11.8 Å². The molecule has 0 saturated carbocycles. The predicted molar refractivity (Wildman–Crippen MR) is 116 cm³/mol. The Morgan fingerprint density at radius 3 is 2.33 bits per heavy atom. The molecule has 156 valence electrons. The molecule has 1 heterocycles. The van der Waals surface area contributed by atoms with Crippen LogP contribution in [0.4, 0.5) is 5.69 Å². The zero-order chi connectivity index (χ0) is 21.7. The highest BCUT2D eigenvalue weighted by molar-refractivity contribution is 7.99. The van der Waals surface area contributed by atoms with Crippen LogP contribution in [-0.2, 0) is 9.59 Å². The Morgan fingerprint density at radius 1 is 1.03 bits per heavy atom. The quantitative estimate of drug-likeness (QED) is 0.414. The molecule has 1 saturated heterocycles. The molecule has 0 aromatic heterocycles. The first-order chi connectivity index (χ1) is 14.3. The lowest BCUT2D eigenvalue weighted by Gasteiger charge is -2.33. The van der Waals surface area contributed by atoms with Gasteiger partial charge in [0, 0.05) is 50.1 Å². The van der Waals surface area contributed by atoms with Gasteiger partial charge in [-0.05, 0) is 36.3 Å². The van der Waals surface area contributed by atoms with Gasteiger partial charge in [-0.15, -0.1) is 0 Å². The van der Waals surface area contributed by atoms with E-state index in [1.165, 1.54) is 30.8 Å². The highest BCUT2D eigenvalue weighted by Crippen LogP contribution is 2.36. The van der Waals surface area contributed by atoms with Crippen molar-refractivity contribution < 1.29 is 14.5 Å². The lowest BCUT2D eigenvalue weighted by Crippen LogP contribution is -2.49. The minimum atomic E-state index is -0.402. The molecule has 8 heteroatoms. The average Bonchev–Trinajstić information content (AvgIpc) is 2.74. The van der Waals surface area contributed by atoms with Crippen molar-refractivity contribution in [2.75, 3.05) is 26.2 Å². The SMILES string of the molecule is CC(=O)N1CCN(C(=O)/C=C/c2ccc(Sc3ccccc3C)c([N+](=O)[O-])c2)CC1. The van der Waals surface area contributed by atoms with Gasteiger partial charge in [0.05, 0.1) is 9.82 Å². The Hall–Kier alpha value is -3.13. The highest BCUT2D eigenvalue weighted by Gasteiger charge is 2.21. The monoisotopic (exact) mass is 425 g/mol. The lowest BCUT2D eigenvalue weighted by molar-refractivity contribution is -0.387. The zero-order valence-corrected chi connectivity index (χ0v) is 17.7. The number of amides is 2. The van der Waals surface area contributed by atoms with Gasteiger partial charge in [-0.2, -0.15) is 0 Å². The number of aryl methyl sites for hydroxylation is 1. The molecule has 0 unspecified atom stereocenters. The number of nitrogens with zero attached hydrogens (tertiary/aromatic N) is 3. The van der Waals surface area contributed by atoms with E-state index in [1.54, 1.807) is 28.0 Å². The predicted octanol–water partition coefficient (Wildman–Crippen LogP) is 3.76. The second-order valence-electron chi connectivity index (χ2n) is 7.02. The van der Waals surface area contributed by atoms with Crippen LogP contribution in [0.1, 0.15) is 18.1 Å². The second kappa shape index (κ2) is 9.58. The van der Waals surface area contributed by atoms with E-state index in [0.29, 0.717) is 36.6 Å². The van der Waals surface area contributed by atoms with Gasteiger partial charge >= 0.3 is 0 Å². The first-order valence-electron chi connectivity index (χ1n) is 9.59. The van der Waals surface area contributed by atoms with Crippen LogP contribution in [-0.4, -0.2) is 52.7 Å². The van der Waals surface area contributed by atoms with Crippen LogP contribution in [0.15, 0.2) is 58.3 Å². The van der Waals surface area contributed by atoms with Crippen molar-refractivity contribution in [3.05, 3.63) is 69.8 Å². The van der Waals surface area contributed by atoms with Crippen LogP contribution in [0.5, 0.6) is 0 Å². The summed E-state index contributed by atoms with van der Waals surface area (Å²) in [4.78, 5) is 39.9. The number of hydrogen-bond donors (Lipinski definition) is 0. The van der Waals surface area contributed by atoms with E-state index >= 15 is 0 Å². The number of rotatable bonds is 5. The second-order valence-corrected chi connectivity index (χ2v) is 8.10. The van der Waals surface area contributed by atoms with Crippen LogP contribution in [0.3, 0.4) is 0 Å². The Kier molecular flexibility index (Phi) is 6.89. The summed E-state index contributed by atoms with van der Waals surface area (Å²) in [5, 5.41) is 11.6. The molecule has 7 nitrogen and oxygen atoms in total. The maximum absolute atomic E-state index is 12.4. The maximum Gasteiger partial charge on any atom is 0.283 e. The summed E-state index contributed by atoms with van der Waals surface area (Å²) in [6, 6.07) is 12.7. The van der Waals surface area contributed by atoms with E-state index in [9.17, 15) is 19.7 Å². The number of benzene rings is 2. The third-order valence-electron chi connectivity index (χ3n) is 4.95. The van der Waals surface area contributed by atoms with Gasteiger partial charge in [0.2, 0.25) is 11.8 Å². The van der Waals surface area contributed by atoms with Gasteiger partial charge in [-0.3, -0.25) is 19.7 Å². The molecule has 0 radical (unpaired) electrons. The minimum absolute atomic E-state index is 0.00734. The molecule has 0 bridgehead atoms. The van der Waals surface area contributed by atoms with E-state index in [0.717, 1.165) is 10.5 Å². The molecule has 0 atom stereocenters. The molecule has 0 aliphatic carbocycles. The highest BCUT2D eigenvalue weighted by atomic mass is 32.2. The van der Waals surface area contributed by atoms with Crippen LogP contribution in [0.25, 0.3) is 6.08 Å². The van der Waals surface area contributed by atoms with E-state index < -0.39 is 4.92 Å². The van der Waals surface area contributed by atoms with E-state index in [-0.39, 0.29) is 17.5 Å². The number of hydrogen-bond acceptors (Lipinski definition) is 5. The fourth-order valence-electron chi connectivity index (χ4n) is 3.17. The molecular weight excluding hydrogens is 402 g/mol. The fraction of sp³-hybridized carbons (Fsp3) is 0.273. The van der Waals surface area contributed by atoms with Crippen molar-refractivity contribution in [3.8, 4) is 0 Å². The first-order valence-corrected chi connectivity index (χ1v) is 10.4. The summed E-state index contributed by atoms with van der Waals surface area (Å²) < 4.78 is 0. The van der Waals surface area contributed by atoms with Gasteiger partial charge in [-0.1, -0.05) is 36.0 Å². The molecule has 3 rings (SSSR count). The zero-order valence-electron chi connectivity index (χ0n) is 16.9.